The molecular weight excluding hydrogens is 531 g/mol. The second kappa shape index (κ2) is 14.1. The van der Waals surface area contributed by atoms with Crippen molar-refractivity contribution < 1.29 is 14.2 Å². The number of hydrogen-bond donors (Lipinski definition) is 2. The van der Waals surface area contributed by atoms with Crippen LogP contribution in [0.4, 0.5) is 5.69 Å². The molecule has 2 N–H and O–H groups in total. The molecule has 7 nitrogen and oxygen atoms in total. The lowest BCUT2D eigenvalue weighted by molar-refractivity contribution is 0.185. The number of ether oxygens (including phenoxy) is 3. The average Bonchev–Trinajstić information content (AvgIpc) is 2.84. The highest BCUT2D eigenvalue weighted by molar-refractivity contribution is 14.0. The lowest BCUT2D eigenvalue weighted by atomic mass is 10.0. The van der Waals surface area contributed by atoms with E-state index in [2.05, 4.69) is 58.9 Å². The number of benzene rings is 2. The van der Waals surface area contributed by atoms with Crippen LogP contribution < -0.4 is 25.0 Å². The van der Waals surface area contributed by atoms with Gasteiger partial charge in [0.25, 0.3) is 0 Å². The van der Waals surface area contributed by atoms with Crippen molar-refractivity contribution in [3.63, 3.8) is 0 Å². The molecular formula is C25H37IN4O3. The van der Waals surface area contributed by atoms with Gasteiger partial charge in [0.2, 0.25) is 0 Å². The number of guanidine groups is 1. The van der Waals surface area contributed by atoms with Gasteiger partial charge in [-0.25, -0.2) is 4.99 Å². The zero-order valence-electron chi connectivity index (χ0n) is 20.1. The van der Waals surface area contributed by atoms with Crippen LogP contribution in [0, 0.1) is 0 Å². The fourth-order valence-electron chi connectivity index (χ4n) is 3.85. The molecule has 3 rings (SSSR count). The van der Waals surface area contributed by atoms with Gasteiger partial charge in [0.15, 0.2) is 5.96 Å². The van der Waals surface area contributed by atoms with Crippen molar-refractivity contribution >= 4 is 35.6 Å². The standard InChI is InChI=1S/C25H36N4O3.HI/c1-5-26-25(27-17-19-6-8-20(9-7-19)18-30-2)28-21-10-12-29(13-11-21)22-14-23(31-3)16-24(15-22)32-4;/h6-9,14-16,21H,5,10-13,17-18H2,1-4H3,(H2,26,27,28);1H. The Labute approximate surface area is 214 Å². The van der Waals surface area contributed by atoms with Crippen LogP contribution in [-0.2, 0) is 17.9 Å². The van der Waals surface area contributed by atoms with E-state index < -0.39 is 0 Å². The van der Waals surface area contributed by atoms with Crippen LogP contribution in [0.3, 0.4) is 0 Å². The minimum atomic E-state index is 0. The van der Waals surface area contributed by atoms with Gasteiger partial charge in [-0.2, -0.15) is 0 Å². The van der Waals surface area contributed by atoms with Crippen LogP contribution in [0.1, 0.15) is 30.9 Å². The third-order valence-corrected chi connectivity index (χ3v) is 5.64. The maximum Gasteiger partial charge on any atom is 0.191 e. The van der Waals surface area contributed by atoms with E-state index >= 15 is 0 Å². The van der Waals surface area contributed by atoms with E-state index in [4.69, 9.17) is 19.2 Å². The number of piperidine rings is 1. The molecule has 1 heterocycles. The summed E-state index contributed by atoms with van der Waals surface area (Å²) in [6.45, 7) is 6.14. The summed E-state index contributed by atoms with van der Waals surface area (Å²) >= 11 is 0. The number of nitrogens with one attached hydrogen (secondary N) is 2. The first-order valence-electron chi connectivity index (χ1n) is 11.2. The highest BCUT2D eigenvalue weighted by Crippen LogP contribution is 2.30. The first-order valence-corrected chi connectivity index (χ1v) is 11.2. The van der Waals surface area contributed by atoms with E-state index in [1.54, 1.807) is 21.3 Å². The van der Waals surface area contributed by atoms with Crippen LogP contribution in [-0.4, -0.2) is 53.0 Å². The van der Waals surface area contributed by atoms with Gasteiger partial charge < -0.3 is 29.7 Å². The number of methoxy groups -OCH3 is 3. The summed E-state index contributed by atoms with van der Waals surface area (Å²) in [6, 6.07) is 14.8. The SMILES string of the molecule is CCNC(=NCc1ccc(COC)cc1)NC1CCN(c2cc(OC)cc(OC)c2)CC1.I. The highest BCUT2D eigenvalue weighted by Gasteiger charge is 2.21. The molecule has 33 heavy (non-hydrogen) atoms. The van der Waals surface area contributed by atoms with Crippen molar-refractivity contribution in [3.05, 3.63) is 53.6 Å². The summed E-state index contributed by atoms with van der Waals surface area (Å²) in [7, 11) is 5.08. The largest absolute Gasteiger partial charge is 0.497 e. The first kappa shape index (κ1) is 27.0. The predicted molar refractivity (Wildman–Crippen MR) is 145 cm³/mol. The Kier molecular flexibility index (Phi) is 11.6. The summed E-state index contributed by atoms with van der Waals surface area (Å²) in [5.41, 5.74) is 3.49. The topological polar surface area (TPSA) is 67.4 Å². The molecule has 1 fully saturated rings. The fraction of sp³-hybridized carbons (Fsp3) is 0.480. The molecule has 0 atom stereocenters. The summed E-state index contributed by atoms with van der Waals surface area (Å²) < 4.78 is 16.0. The predicted octanol–water partition coefficient (Wildman–Crippen LogP) is 4.19. The summed E-state index contributed by atoms with van der Waals surface area (Å²) in [4.78, 5) is 7.18. The fourth-order valence-corrected chi connectivity index (χ4v) is 3.85. The Hall–Kier alpha value is -2.20. The normalized spacial score (nSPS) is 14.4. The van der Waals surface area contributed by atoms with Crippen LogP contribution in [0.15, 0.2) is 47.5 Å². The molecule has 1 aliphatic rings. The van der Waals surface area contributed by atoms with Gasteiger partial charge in [0, 0.05) is 56.7 Å². The zero-order valence-corrected chi connectivity index (χ0v) is 22.4. The lowest BCUT2D eigenvalue weighted by Crippen LogP contribution is -2.48. The molecule has 8 heteroatoms. The second-order valence-corrected chi connectivity index (χ2v) is 7.92. The van der Waals surface area contributed by atoms with E-state index in [1.807, 2.05) is 6.07 Å². The summed E-state index contributed by atoms with van der Waals surface area (Å²) in [5, 5.41) is 7.00. The van der Waals surface area contributed by atoms with E-state index in [1.165, 1.54) is 11.1 Å². The van der Waals surface area contributed by atoms with Gasteiger partial charge in [-0.1, -0.05) is 24.3 Å². The molecule has 1 aliphatic heterocycles. The Bertz CT molecular complexity index is 846. The molecule has 0 aliphatic carbocycles. The van der Waals surface area contributed by atoms with Crippen molar-refractivity contribution in [2.45, 2.75) is 39.0 Å². The third kappa shape index (κ3) is 8.26. The monoisotopic (exact) mass is 568 g/mol. The van der Waals surface area contributed by atoms with Crippen LogP contribution in [0.5, 0.6) is 11.5 Å². The van der Waals surface area contributed by atoms with Crippen molar-refractivity contribution in [1.29, 1.82) is 0 Å². The number of hydrogen-bond acceptors (Lipinski definition) is 5. The van der Waals surface area contributed by atoms with Crippen molar-refractivity contribution in [3.8, 4) is 11.5 Å². The van der Waals surface area contributed by atoms with Gasteiger partial charge in [0.05, 0.1) is 27.4 Å². The van der Waals surface area contributed by atoms with Crippen molar-refractivity contribution in [2.75, 3.05) is 45.9 Å². The number of anilines is 1. The lowest BCUT2D eigenvalue weighted by Gasteiger charge is -2.34. The Morgan fingerprint density at radius 2 is 1.58 bits per heavy atom. The smallest absolute Gasteiger partial charge is 0.191 e. The number of rotatable bonds is 9. The number of halogens is 1. The number of nitrogens with zero attached hydrogens (tertiary/aromatic N) is 2. The molecule has 0 saturated carbocycles. The highest BCUT2D eigenvalue weighted by atomic mass is 127. The molecule has 0 radical (unpaired) electrons. The Balaban J connectivity index is 0.00000385. The molecule has 0 unspecified atom stereocenters. The van der Waals surface area contributed by atoms with Crippen LogP contribution >= 0.6 is 24.0 Å². The van der Waals surface area contributed by atoms with Gasteiger partial charge in [-0.3, -0.25) is 0 Å². The summed E-state index contributed by atoms with van der Waals surface area (Å²) in [6.07, 6.45) is 2.07. The van der Waals surface area contributed by atoms with Crippen molar-refractivity contribution in [1.82, 2.24) is 10.6 Å². The van der Waals surface area contributed by atoms with Crippen molar-refractivity contribution in [2.24, 2.45) is 4.99 Å². The molecule has 2 aromatic carbocycles. The van der Waals surface area contributed by atoms with Crippen LogP contribution in [0.25, 0.3) is 0 Å². The summed E-state index contributed by atoms with van der Waals surface area (Å²) in [5.74, 6) is 2.50. The van der Waals surface area contributed by atoms with Gasteiger partial charge >= 0.3 is 0 Å². The van der Waals surface area contributed by atoms with E-state index in [0.717, 1.165) is 55.6 Å². The Morgan fingerprint density at radius 3 is 2.12 bits per heavy atom. The average molecular weight is 569 g/mol. The molecule has 0 bridgehead atoms. The van der Waals surface area contributed by atoms with Gasteiger partial charge in [0.1, 0.15) is 11.5 Å². The van der Waals surface area contributed by atoms with E-state index in [0.29, 0.717) is 19.2 Å². The first-order chi connectivity index (χ1) is 15.6. The molecule has 0 amide bonds. The van der Waals surface area contributed by atoms with Gasteiger partial charge in [-0.05, 0) is 30.9 Å². The van der Waals surface area contributed by atoms with E-state index in [9.17, 15) is 0 Å². The van der Waals surface area contributed by atoms with Gasteiger partial charge in [-0.15, -0.1) is 24.0 Å². The maximum atomic E-state index is 5.42. The van der Waals surface area contributed by atoms with E-state index in [-0.39, 0.29) is 24.0 Å². The quantitative estimate of drug-likeness (QED) is 0.269. The minimum absolute atomic E-state index is 0. The third-order valence-electron chi connectivity index (χ3n) is 5.64. The Morgan fingerprint density at radius 1 is 0.970 bits per heavy atom. The minimum Gasteiger partial charge on any atom is -0.497 e. The molecule has 182 valence electrons. The molecule has 1 saturated heterocycles. The molecule has 0 aromatic heterocycles. The maximum absolute atomic E-state index is 5.42. The zero-order chi connectivity index (χ0) is 22.8. The molecule has 2 aromatic rings. The van der Waals surface area contributed by atoms with Crippen LogP contribution in [0.2, 0.25) is 0 Å². The molecule has 0 spiro atoms. The number of aliphatic imine (C=N–C) groups is 1. The second-order valence-electron chi connectivity index (χ2n) is 7.92.